The second-order valence-corrected chi connectivity index (χ2v) is 3.16. The molecule has 1 rings (SSSR count). The summed E-state index contributed by atoms with van der Waals surface area (Å²) >= 11 is 0. The summed E-state index contributed by atoms with van der Waals surface area (Å²) in [5.74, 6) is -0.154. The number of rotatable bonds is 2. The average Bonchev–Trinajstić information content (AvgIpc) is 2.17. The highest BCUT2D eigenvalue weighted by Crippen LogP contribution is 2.13. The van der Waals surface area contributed by atoms with Crippen molar-refractivity contribution < 1.29 is 19.4 Å². The fourth-order valence-electron chi connectivity index (χ4n) is 1.41. The van der Waals surface area contributed by atoms with Gasteiger partial charge in [0.25, 0.3) is 0 Å². The molecule has 14 heavy (non-hydrogen) atoms. The second kappa shape index (κ2) is 4.80. The maximum Gasteiger partial charge on any atom is 0.404 e. The summed E-state index contributed by atoms with van der Waals surface area (Å²) in [6.45, 7) is 0.254. The van der Waals surface area contributed by atoms with Crippen LogP contribution in [0, 0.1) is 0 Å². The van der Waals surface area contributed by atoms with E-state index < -0.39 is 12.2 Å². The van der Waals surface area contributed by atoms with Crippen LogP contribution in [0.3, 0.4) is 0 Å². The number of ether oxygens (including phenoxy) is 1. The van der Waals surface area contributed by atoms with Crippen LogP contribution >= 0.6 is 0 Å². The van der Waals surface area contributed by atoms with Crippen LogP contribution in [-0.4, -0.2) is 42.9 Å². The minimum absolute atomic E-state index is 0.154. The Hall–Kier alpha value is -1.30. The molecule has 0 radical (unpaired) electrons. The van der Waals surface area contributed by atoms with Gasteiger partial charge in [-0.15, -0.1) is 0 Å². The van der Waals surface area contributed by atoms with Crippen molar-refractivity contribution in [2.45, 2.75) is 25.0 Å². The number of carboxylic acid groups (broad SMARTS) is 1. The molecule has 1 aliphatic heterocycles. The lowest BCUT2D eigenvalue weighted by Crippen LogP contribution is -2.46. The van der Waals surface area contributed by atoms with E-state index in [-0.39, 0.29) is 18.6 Å². The van der Waals surface area contributed by atoms with Crippen molar-refractivity contribution in [2.75, 3.05) is 13.7 Å². The molecule has 1 heterocycles. The summed E-state index contributed by atoms with van der Waals surface area (Å²) in [4.78, 5) is 21.4. The predicted octanol–water partition coefficient (Wildman–Crippen LogP) is -0.452. The van der Waals surface area contributed by atoms with Gasteiger partial charge in [-0.3, -0.25) is 4.79 Å². The van der Waals surface area contributed by atoms with Gasteiger partial charge in [0, 0.05) is 7.05 Å². The molecule has 0 spiro atoms. The summed E-state index contributed by atoms with van der Waals surface area (Å²) in [7, 11) is 1.55. The highest BCUT2D eigenvalue weighted by molar-refractivity contribution is 5.80. The van der Waals surface area contributed by atoms with Gasteiger partial charge < -0.3 is 20.5 Å². The fourth-order valence-corrected chi connectivity index (χ4v) is 1.41. The molecule has 1 saturated heterocycles. The van der Waals surface area contributed by atoms with Crippen LogP contribution in [0.1, 0.15) is 12.8 Å². The third-order valence-corrected chi connectivity index (χ3v) is 2.14. The van der Waals surface area contributed by atoms with Crippen LogP contribution < -0.4 is 10.6 Å². The normalized spacial score (nSPS) is 26.6. The Morgan fingerprint density at radius 3 is 2.57 bits per heavy atom. The van der Waals surface area contributed by atoms with Crippen molar-refractivity contribution in [3.05, 3.63) is 0 Å². The van der Waals surface area contributed by atoms with Crippen molar-refractivity contribution in [1.29, 1.82) is 0 Å². The van der Waals surface area contributed by atoms with Gasteiger partial charge in [0.1, 0.15) is 6.10 Å². The first-order valence-corrected chi connectivity index (χ1v) is 4.46. The van der Waals surface area contributed by atoms with Gasteiger partial charge in [0.15, 0.2) is 0 Å². The van der Waals surface area contributed by atoms with Crippen molar-refractivity contribution >= 4 is 12.0 Å². The van der Waals surface area contributed by atoms with Gasteiger partial charge in [0.05, 0.1) is 12.6 Å². The first kappa shape index (κ1) is 10.8. The van der Waals surface area contributed by atoms with Gasteiger partial charge in [-0.05, 0) is 12.8 Å². The third kappa shape index (κ3) is 2.88. The van der Waals surface area contributed by atoms with E-state index >= 15 is 0 Å². The van der Waals surface area contributed by atoms with E-state index in [1.54, 1.807) is 7.05 Å². The molecule has 6 heteroatoms. The molecule has 1 fully saturated rings. The highest BCUT2D eigenvalue weighted by atomic mass is 16.5. The Balaban J connectivity index is 2.31. The zero-order valence-corrected chi connectivity index (χ0v) is 7.95. The molecule has 6 nitrogen and oxygen atoms in total. The van der Waals surface area contributed by atoms with Gasteiger partial charge in [0.2, 0.25) is 5.91 Å². The lowest BCUT2D eigenvalue weighted by Gasteiger charge is -2.27. The number of likely N-dealkylation sites (N-methyl/N-ethyl adjacent to an activating group) is 1. The van der Waals surface area contributed by atoms with E-state index in [0.29, 0.717) is 12.8 Å². The average molecular weight is 202 g/mol. The summed E-state index contributed by atoms with van der Waals surface area (Å²) in [5.41, 5.74) is 0. The van der Waals surface area contributed by atoms with E-state index in [4.69, 9.17) is 9.84 Å². The number of carbonyl (C=O) groups is 2. The molecule has 3 N–H and O–H groups in total. The lowest BCUT2D eigenvalue weighted by molar-refractivity contribution is -0.135. The minimum Gasteiger partial charge on any atom is -0.465 e. The molecule has 0 unspecified atom stereocenters. The largest absolute Gasteiger partial charge is 0.465 e. The van der Waals surface area contributed by atoms with Crippen LogP contribution in [0.25, 0.3) is 0 Å². The van der Waals surface area contributed by atoms with Crippen LogP contribution in [0.15, 0.2) is 0 Å². The maximum atomic E-state index is 11.1. The van der Waals surface area contributed by atoms with Crippen molar-refractivity contribution in [3.63, 3.8) is 0 Å². The van der Waals surface area contributed by atoms with Gasteiger partial charge in [-0.1, -0.05) is 0 Å². The third-order valence-electron chi connectivity index (χ3n) is 2.14. The summed E-state index contributed by atoms with van der Waals surface area (Å²) < 4.78 is 5.21. The molecular formula is C8H14N2O4. The smallest absolute Gasteiger partial charge is 0.404 e. The molecule has 0 aliphatic carbocycles. The van der Waals surface area contributed by atoms with E-state index in [1.807, 2.05) is 0 Å². The minimum atomic E-state index is -1.06. The fraction of sp³-hybridized carbons (Fsp3) is 0.750. The van der Waals surface area contributed by atoms with Gasteiger partial charge >= 0.3 is 6.09 Å². The van der Waals surface area contributed by atoms with E-state index in [2.05, 4.69) is 10.6 Å². The van der Waals surface area contributed by atoms with Crippen LogP contribution in [0.5, 0.6) is 0 Å². The number of hydrogen-bond donors (Lipinski definition) is 3. The summed E-state index contributed by atoms with van der Waals surface area (Å²) in [5, 5.41) is 13.2. The highest BCUT2D eigenvalue weighted by Gasteiger charge is 2.26. The zero-order valence-electron chi connectivity index (χ0n) is 7.95. The molecule has 2 amide bonds. The number of nitrogens with one attached hydrogen (secondary N) is 2. The van der Waals surface area contributed by atoms with E-state index in [0.717, 1.165) is 0 Å². The number of carbonyl (C=O) groups excluding carboxylic acids is 1. The van der Waals surface area contributed by atoms with E-state index in [9.17, 15) is 9.59 Å². The van der Waals surface area contributed by atoms with Gasteiger partial charge in [-0.25, -0.2) is 4.79 Å². The van der Waals surface area contributed by atoms with Crippen LogP contribution in [-0.2, 0) is 9.53 Å². The Morgan fingerprint density at radius 1 is 1.43 bits per heavy atom. The molecule has 0 aromatic heterocycles. The molecular weight excluding hydrogens is 188 g/mol. The molecule has 80 valence electrons. The summed E-state index contributed by atoms with van der Waals surface area (Å²) in [6.07, 6.45) is -0.321. The summed E-state index contributed by atoms with van der Waals surface area (Å²) in [6, 6.07) is -0.201. The SMILES string of the molecule is CNC(=O)[C@@H]1CC[C@@H](NC(=O)O)CO1. The standard InChI is InChI=1S/C8H14N2O4/c1-9-7(11)6-3-2-5(4-14-6)10-8(12)13/h5-6,10H,2-4H2,1H3,(H,9,11)(H,12,13)/t5-,6+/m1/s1. The number of hydrogen-bond acceptors (Lipinski definition) is 3. The maximum absolute atomic E-state index is 11.1. The Bertz CT molecular complexity index is 223. The molecule has 0 bridgehead atoms. The quantitative estimate of drug-likeness (QED) is 0.565. The Labute approximate surface area is 81.6 Å². The molecule has 0 aromatic carbocycles. The Morgan fingerprint density at radius 2 is 2.14 bits per heavy atom. The lowest BCUT2D eigenvalue weighted by atomic mass is 10.0. The van der Waals surface area contributed by atoms with Crippen LogP contribution in [0.2, 0.25) is 0 Å². The molecule has 2 atom stereocenters. The van der Waals surface area contributed by atoms with Gasteiger partial charge in [-0.2, -0.15) is 0 Å². The topological polar surface area (TPSA) is 87.7 Å². The van der Waals surface area contributed by atoms with Crippen molar-refractivity contribution in [1.82, 2.24) is 10.6 Å². The number of amides is 2. The molecule has 0 saturated carbocycles. The monoisotopic (exact) mass is 202 g/mol. The first-order valence-electron chi connectivity index (χ1n) is 4.46. The van der Waals surface area contributed by atoms with Crippen molar-refractivity contribution in [2.24, 2.45) is 0 Å². The second-order valence-electron chi connectivity index (χ2n) is 3.16. The predicted molar refractivity (Wildman–Crippen MR) is 48.0 cm³/mol. The molecule has 1 aliphatic rings. The zero-order chi connectivity index (χ0) is 10.6. The molecule has 0 aromatic rings. The Kier molecular flexibility index (Phi) is 3.70. The van der Waals surface area contributed by atoms with Crippen LogP contribution in [0.4, 0.5) is 4.79 Å². The first-order chi connectivity index (χ1) is 6.63. The van der Waals surface area contributed by atoms with E-state index in [1.165, 1.54) is 0 Å². The van der Waals surface area contributed by atoms with Crippen molar-refractivity contribution in [3.8, 4) is 0 Å².